The number of hydrogen-bond donors (Lipinski definition) is 1. The van der Waals surface area contributed by atoms with Gasteiger partial charge in [0.15, 0.2) is 5.76 Å². The lowest BCUT2D eigenvalue weighted by Gasteiger charge is -2.31. The van der Waals surface area contributed by atoms with E-state index in [4.69, 9.17) is 16.0 Å². The van der Waals surface area contributed by atoms with Crippen LogP contribution >= 0.6 is 22.9 Å². The van der Waals surface area contributed by atoms with Crippen LogP contribution in [0.25, 0.3) is 11.0 Å². The third-order valence-corrected chi connectivity index (χ3v) is 5.56. The maximum atomic E-state index is 12.7. The summed E-state index contributed by atoms with van der Waals surface area (Å²) < 4.78 is 5.70. The highest BCUT2D eigenvalue weighted by atomic mass is 35.5. The lowest BCUT2D eigenvalue weighted by atomic mass is 10.2. The zero-order valence-corrected chi connectivity index (χ0v) is 14.7. The molecular formula is C18H18ClN2O2S+. The Bertz CT molecular complexity index is 851. The van der Waals surface area contributed by atoms with Crippen molar-refractivity contribution >= 4 is 39.8 Å². The highest BCUT2D eigenvalue weighted by molar-refractivity contribution is 7.09. The van der Waals surface area contributed by atoms with E-state index in [1.807, 2.05) is 11.0 Å². The Balaban J connectivity index is 1.41. The predicted octanol–water partition coefficient (Wildman–Crippen LogP) is 2.69. The smallest absolute Gasteiger partial charge is 0.290 e. The Kier molecular flexibility index (Phi) is 4.31. The second-order valence-electron chi connectivity index (χ2n) is 6.09. The highest BCUT2D eigenvalue weighted by Gasteiger charge is 2.26. The van der Waals surface area contributed by atoms with E-state index < -0.39 is 0 Å². The van der Waals surface area contributed by atoms with Crippen molar-refractivity contribution in [3.8, 4) is 0 Å². The minimum absolute atomic E-state index is 0.0301. The van der Waals surface area contributed by atoms with Crippen LogP contribution in [0.4, 0.5) is 0 Å². The van der Waals surface area contributed by atoms with Crippen LogP contribution in [0.2, 0.25) is 5.02 Å². The molecule has 0 spiro atoms. The number of halogens is 1. The minimum Gasteiger partial charge on any atom is -0.451 e. The predicted molar refractivity (Wildman–Crippen MR) is 95.8 cm³/mol. The molecule has 1 aromatic carbocycles. The van der Waals surface area contributed by atoms with E-state index in [0.29, 0.717) is 16.4 Å². The monoisotopic (exact) mass is 361 g/mol. The van der Waals surface area contributed by atoms with Gasteiger partial charge in [-0.25, -0.2) is 0 Å². The molecule has 1 aliphatic rings. The molecule has 0 bridgehead atoms. The van der Waals surface area contributed by atoms with Crippen LogP contribution in [0.1, 0.15) is 15.4 Å². The van der Waals surface area contributed by atoms with Gasteiger partial charge in [0.1, 0.15) is 12.1 Å². The van der Waals surface area contributed by atoms with Crippen molar-refractivity contribution in [2.75, 3.05) is 26.2 Å². The second-order valence-corrected chi connectivity index (χ2v) is 7.56. The Morgan fingerprint density at radius 2 is 2.08 bits per heavy atom. The van der Waals surface area contributed by atoms with Crippen molar-refractivity contribution in [1.82, 2.24) is 4.90 Å². The molecule has 4 rings (SSSR count). The summed E-state index contributed by atoms with van der Waals surface area (Å²) in [4.78, 5) is 17.5. The largest absolute Gasteiger partial charge is 0.451 e. The second kappa shape index (κ2) is 6.59. The van der Waals surface area contributed by atoms with Crippen LogP contribution in [-0.4, -0.2) is 37.0 Å². The number of amides is 1. The normalized spacial score (nSPS) is 16.0. The molecular weight excluding hydrogens is 344 g/mol. The SMILES string of the molecule is O=C(c1cc2cc(Cl)ccc2o1)N1CC[NH+](Cc2cccs2)CC1. The third-order valence-electron chi connectivity index (χ3n) is 4.45. The molecule has 0 atom stereocenters. The van der Waals surface area contributed by atoms with E-state index in [1.165, 1.54) is 9.78 Å². The molecule has 24 heavy (non-hydrogen) atoms. The number of piperazine rings is 1. The molecule has 3 heterocycles. The standard InChI is InChI=1S/C18H17ClN2O2S/c19-14-3-4-16-13(10-14)11-17(23-16)18(22)21-7-5-20(6-8-21)12-15-2-1-9-24-15/h1-4,9-11H,5-8,12H2/p+1. The number of benzene rings is 1. The highest BCUT2D eigenvalue weighted by Crippen LogP contribution is 2.23. The Morgan fingerprint density at radius 1 is 1.25 bits per heavy atom. The van der Waals surface area contributed by atoms with Crippen molar-refractivity contribution in [3.63, 3.8) is 0 Å². The fourth-order valence-electron chi connectivity index (χ4n) is 3.14. The summed E-state index contributed by atoms with van der Waals surface area (Å²) in [6.07, 6.45) is 0. The molecule has 0 saturated carbocycles. The average Bonchev–Trinajstić information content (AvgIpc) is 3.24. The Morgan fingerprint density at radius 3 is 2.83 bits per heavy atom. The van der Waals surface area contributed by atoms with Gasteiger partial charge in [-0.05, 0) is 35.7 Å². The van der Waals surface area contributed by atoms with Gasteiger partial charge < -0.3 is 14.2 Å². The number of nitrogens with one attached hydrogen (secondary N) is 1. The topological polar surface area (TPSA) is 37.9 Å². The number of quaternary nitrogens is 1. The van der Waals surface area contributed by atoms with Gasteiger partial charge in [0.25, 0.3) is 5.91 Å². The maximum Gasteiger partial charge on any atom is 0.290 e. The number of carbonyl (C=O) groups excluding carboxylic acids is 1. The van der Waals surface area contributed by atoms with E-state index in [0.717, 1.165) is 38.1 Å². The summed E-state index contributed by atoms with van der Waals surface area (Å²) in [5.41, 5.74) is 0.699. The minimum atomic E-state index is -0.0301. The van der Waals surface area contributed by atoms with Crippen LogP contribution in [0, 0.1) is 0 Å². The van der Waals surface area contributed by atoms with Gasteiger partial charge in [-0.1, -0.05) is 17.7 Å². The summed E-state index contributed by atoms with van der Waals surface area (Å²) in [5.74, 6) is 0.367. The first-order valence-electron chi connectivity index (χ1n) is 8.03. The average molecular weight is 362 g/mol. The maximum absolute atomic E-state index is 12.7. The molecule has 4 nitrogen and oxygen atoms in total. The van der Waals surface area contributed by atoms with Crippen LogP contribution in [0.5, 0.6) is 0 Å². The van der Waals surface area contributed by atoms with E-state index in [-0.39, 0.29) is 5.91 Å². The summed E-state index contributed by atoms with van der Waals surface area (Å²) >= 11 is 7.79. The number of rotatable bonds is 3. The number of thiophene rings is 1. The molecule has 1 saturated heterocycles. The van der Waals surface area contributed by atoms with Gasteiger partial charge >= 0.3 is 0 Å². The van der Waals surface area contributed by atoms with Crippen molar-refractivity contribution < 1.29 is 14.1 Å². The van der Waals surface area contributed by atoms with Crippen LogP contribution in [0.15, 0.2) is 46.2 Å². The first-order valence-corrected chi connectivity index (χ1v) is 9.29. The molecule has 0 unspecified atom stereocenters. The Hall–Kier alpha value is -1.82. The van der Waals surface area contributed by atoms with Crippen LogP contribution in [0.3, 0.4) is 0 Å². The molecule has 0 radical (unpaired) electrons. The van der Waals surface area contributed by atoms with Crippen molar-refractivity contribution in [1.29, 1.82) is 0 Å². The number of fused-ring (bicyclic) bond motifs is 1. The summed E-state index contributed by atoms with van der Waals surface area (Å²) in [5, 5.41) is 3.63. The van der Waals surface area contributed by atoms with Crippen molar-refractivity contribution in [2.45, 2.75) is 6.54 Å². The van der Waals surface area contributed by atoms with E-state index in [2.05, 4.69) is 17.5 Å². The molecule has 6 heteroatoms. The molecule has 124 valence electrons. The van der Waals surface area contributed by atoms with Crippen molar-refractivity contribution in [3.05, 3.63) is 57.4 Å². The first-order chi connectivity index (χ1) is 11.7. The van der Waals surface area contributed by atoms with E-state index in [1.54, 1.807) is 29.5 Å². The molecule has 1 amide bonds. The zero-order valence-electron chi connectivity index (χ0n) is 13.1. The molecule has 1 N–H and O–H groups in total. The number of nitrogens with zero attached hydrogens (tertiary/aromatic N) is 1. The summed E-state index contributed by atoms with van der Waals surface area (Å²) in [7, 11) is 0. The van der Waals surface area contributed by atoms with E-state index in [9.17, 15) is 4.79 Å². The lowest BCUT2D eigenvalue weighted by molar-refractivity contribution is -0.917. The fraction of sp³-hybridized carbons (Fsp3) is 0.278. The van der Waals surface area contributed by atoms with Crippen LogP contribution < -0.4 is 4.90 Å². The lowest BCUT2D eigenvalue weighted by Crippen LogP contribution is -3.13. The zero-order chi connectivity index (χ0) is 16.5. The van der Waals surface area contributed by atoms with Crippen LogP contribution in [-0.2, 0) is 6.54 Å². The van der Waals surface area contributed by atoms with Gasteiger partial charge in [0, 0.05) is 10.4 Å². The van der Waals surface area contributed by atoms with Gasteiger partial charge in [0.05, 0.1) is 31.1 Å². The molecule has 1 aliphatic heterocycles. The fourth-order valence-corrected chi connectivity index (χ4v) is 4.09. The molecule has 3 aromatic rings. The first kappa shape index (κ1) is 15.7. The number of carbonyl (C=O) groups is 1. The Labute approximate surface area is 149 Å². The van der Waals surface area contributed by atoms with Gasteiger partial charge in [0.2, 0.25) is 0 Å². The quantitative estimate of drug-likeness (QED) is 0.779. The molecule has 2 aromatic heterocycles. The van der Waals surface area contributed by atoms with Gasteiger partial charge in [-0.3, -0.25) is 4.79 Å². The summed E-state index contributed by atoms with van der Waals surface area (Å²) in [6.45, 7) is 4.50. The van der Waals surface area contributed by atoms with Gasteiger partial charge in [-0.2, -0.15) is 0 Å². The van der Waals surface area contributed by atoms with Gasteiger partial charge in [-0.15, -0.1) is 11.3 Å². The van der Waals surface area contributed by atoms with E-state index >= 15 is 0 Å². The summed E-state index contributed by atoms with van der Waals surface area (Å²) in [6, 6.07) is 11.4. The molecule has 1 fully saturated rings. The number of furan rings is 1. The molecule has 0 aliphatic carbocycles. The van der Waals surface area contributed by atoms with Crippen molar-refractivity contribution in [2.24, 2.45) is 0 Å². The number of hydrogen-bond acceptors (Lipinski definition) is 3. The third kappa shape index (κ3) is 3.20.